The van der Waals surface area contributed by atoms with Crippen molar-refractivity contribution in [3.63, 3.8) is 0 Å². The Labute approximate surface area is 346 Å². The molecule has 280 valence electrons. The Kier molecular flexibility index (Phi) is 7.82. The molecule has 0 bridgehead atoms. The van der Waals surface area contributed by atoms with Crippen LogP contribution in [0.4, 0.5) is 0 Å². The predicted molar refractivity (Wildman–Crippen MR) is 250 cm³/mol. The Bertz CT molecular complexity index is 3550. The van der Waals surface area contributed by atoms with Gasteiger partial charge < -0.3 is 9.13 Å². The monoisotopic (exact) mass is 764 g/mol. The van der Waals surface area contributed by atoms with Crippen molar-refractivity contribution in [2.45, 2.75) is 0 Å². The van der Waals surface area contributed by atoms with E-state index in [2.05, 4.69) is 221 Å². The maximum Gasteiger partial charge on any atom is 0.160 e. The summed E-state index contributed by atoms with van der Waals surface area (Å²) < 4.78 is 4.79. The fraction of sp³-hybridized carbons (Fsp3) is 0. The minimum Gasteiger partial charge on any atom is -0.309 e. The molecule has 0 spiro atoms. The molecule has 0 saturated carbocycles. The van der Waals surface area contributed by atoms with Crippen molar-refractivity contribution in [3.05, 3.63) is 218 Å². The van der Waals surface area contributed by atoms with E-state index in [1.165, 1.54) is 48.9 Å². The lowest BCUT2D eigenvalue weighted by Gasteiger charge is -2.13. The van der Waals surface area contributed by atoms with Gasteiger partial charge in [-0.3, -0.25) is 0 Å². The quantitative estimate of drug-likeness (QED) is 0.169. The van der Waals surface area contributed by atoms with E-state index in [1.54, 1.807) is 0 Å². The maximum atomic E-state index is 5.25. The van der Waals surface area contributed by atoms with E-state index >= 15 is 0 Å². The number of para-hydroxylation sites is 3. The van der Waals surface area contributed by atoms with Gasteiger partial charge in [0, 0.05) is 49.6 Å². The van der Waals surface area contributed by atoms with E-state index in [9.17, 15) is 0 Å². The third-order valence-corrected chi connectivity index (χ3v) is 11.9. The van der Waals surface area contributed by atoms with E-state index in [-0.39, 0.29) is 0 Å². The average Bonchev–Trinajstić information content (AvgIpc) is 3.84. The van der Waals surface area contributed by atoms with Gasteiger partial charge in [0.1, 0.15) is 0 Å². The first kappa shape index (κ1) is 34.0. The van der Waals surface area contributed by atoms with Crippen molar-refractivity contribution in [1.82, 2.24) is 19.1 Å². The topological polar surface area (TPSA) is 35.6 Å². The maximum absolute atomic E-state index is 5.25. The molecular weight excluding hydrogens is 729 g/mol. The SMILES string of the molecule is c1ccc(-c2cc(-c3cccc4ccccc34)nc(-c3cccc(-c4ccc5c(c4)c4ccccc4n5-c4cccc(-n5c6ccccc6c6ccccc65)c4)c3)n2)cc1. The summed E-state index contributed by atoms with van der Waals surface area (Å²) in [6, 6.07) is 78.0. The van der Waals surface area contributed by atoms with E-state index in [0.717, 1.165) is 56.1 Å². The minimum absolute atomic E-state index is 0.696. The molecule has 3 heterocycles. The van der Waals surface area contributed by atoms with Crippen molar-refractivity contribution < 1.29 is 0 Å². The highest BCUT2D eigenvalue weighted by Crippen LogP contribution is 2.38. The Morgan fingerprint density at radius 2 is 0.783 bits per heavy atom. The van der Waals surface area contributed by atoms with Crippen LogP contribution in [0.3, 0.4) is 0 Å². The van der Waals surface area contributed by atoms with E-state index in [0.29, 0.717) is 5.82 Å². The van der Waals surface area contributed by atoms with Crippen molar-refractivity contribution in [3.8, 4) is 56.4 Å². The Morgan fingerprint density at radius 1 is 0.283 bits per heavy atom. The number of hydrogen-bond donors (Lipinski definition) is 0. The second-order valence-corrected chi connectivity index (χ2v) is 15.4. The molecule has 0 unspecified atom stereocenters. The van der Waals surface area contributed by atoms with Gasteiger partial charge in [0.2, 0.25) is 0 Å². The van der Waals surface area contributed by atoms with Crippen molar-refractivity contribution in [2.24, 2.45) is 0 Å². The fourth-order valence-corrected chi connectivity index (χ4v) is 9.16. The molecule has 12 aromatic rings. The van der Waals surface area contributed by atoms with Gasteiger partial charge in [0.05, 0.1) is 33.5 Å². The lowest BCUT2D eigenvalue weighted by molar-refractivity contribution is 1.13. The molecule has 0 amide bonds. The zero-order valence-corrected chi connectivity index (χ0v) is 32.6. The molecule has 0 atom stereocenters. The third kappa shape index (κ3) is 5.53. The summed E-state index contributed by atoms with van der Waals surface area (Å²) in [5, 5.41) is 7.29. The molecule has 0 aliphatic rings. The predicted octanol–water partition coefficient (Wildman–Crippen LogP) is 14.5. The summed E-state index contributed by atoms with van der Waals surface area (Å²) in [7, 11) is 0. The van der Waals surface area contributed by atoms with Crippen molar-refractivity contribution in [2.75, 3.05) is 0 Å². The van der Waals surface area contributed by atoms with Crippen molar-refractivity contribution >= 4 is 54.4 Å². The molecule has 0 fully saturated rings. The molecule has 4 heteroatoms. The summed E-state index contributed by atoms with van der Waals surface area (Å²) in [6.07, 6.45) is 0. The van der Waals surface area contributed by atoms with Gasteiger partial charge >= 0.3 is 0 Å². The summed E-state index contributed by atoms with van der Waals surface area (Å²) in [4.78, 5) is 10.4. The van der Waals surface area contributed by atoms with Crippen LogP contribution < -0.4 is 0 Å². The number of aromatic nitrogens is 4. The van der Waals surface area contributed by atoms with Gasteiger partial charge in [-0.15, -0.1) is 0 Å². The van der Waals surface area contributed by atoms with E-state index in [1.807, 2.05) is 6.07 Å². The standard InChI is InChI=1S/C56H36N4/c1-2-16-38(17-3-1)50-36-51(45-27-13-18-37-15-4-5-23-44(37)45)58-56(57-50)41-20-12-19-39(33-41)40-31-32-55-49(34-40)48-26-8-11-30-54(48)60(55)43-22-14-21-42(35-43)59-52-28-9-6-24-46(52)47-25-7-10-29-53(47)59/h1-36H. The zero-order valence-electron chi connectivity index (χ0n) is 32.6. The van der Waals surface area contributed by atoms with Crippen LogP contribution in [0.5, 0.6) is 0 Å². The first-order chi connectivity index (χ1) is 29.7. The third-order valence-electron chi connectivity index (χ3n) is 11.9. The summed E-state index contributed by atoms with van der Waals surface area (Å²) in [5.41, 5.74) is 14.1. The highest BCUT2D eigenvalue weighted by Gasteiger charge is 2.17. The molecule has 0 saturated heterocycles. The van der Waals surface area contributed by atoms with Crippen molar-refractivity contribution in [1.29, 1.82) is 0 Å². The van der Waals surface area contributed by atoms with Gasteiger partial charge in [0.25, 0.3) is 0 Å². The summed E-state index contributed by atoms with van der Waals surface area (Å²) >= 11 is 0. The zero-order chi connectivity index (χ0) is 39.6. The van der Waals surface area contributed by atoms with Crippen LogP contribution >= 0.6 is 0 Å². The second kappa shape index (κ2) is 13.8. The largest absolute Gasteiger partial charge is 0.309 e. The molecule has 12 rings (SSSR count). The Balaban J connectivity index is 0.983. The van der Waals surface area contributed by atoms with Gasteiger partial charge in [-0.2, -0.15) is 0 Å². The molecular formula is C56H36N4. The highest BCUT2D eigenvalue weighted by molar-refractivity contribution is 6.11. The summed E-state index contributed by atoms with van der Waals surface area (Å²) in [5.74, 6) is 0.696. The Hall–Kier alpha value is -8.08. The molecule has 0 radical (unpaired) electrons. The number of benzene rings is 9. The number of nitrogens with zero attached hydrogens (tertiary/aromatic N) is 4. The van der Waals surface area contributed by atoms with Crippen LogP contribution in [0.2, 0.25) is 0 Å². The van der Waals surface area contributed by atoms with Crippen LogP contribution in [0.15, 0.2) is 218 Å². The van der Waals surface area contributed by atoms with Crippen LogP contribution in [0.25, 0.3) is 111 Å². The Morgan fingerprint density at radius 3 is 1.50 bits per heavy atom. The second-order valence-electron chi connectivity index (χ2n) is 15.4. The molecule has 0 aliphatic carbocycles. The van der Waals surface area contributed by atoms with Gasteiger partial charge in [-0.05, 0) is 82.6 Å². The lowest BCUT2D eigenvalue weighted by atomic mass is 9.99. The van der Waals surface area contributed by atoms with E-state index in [4.69, 9.17) is 9.97 Å². The van der Waals surface area contributed by atoms with Crippen LogP contribution in [-0.2, 0) is 0 Å². The molecule has 3 aromatic heterocycles. The minimum atomic E-state index is 0.696. The van der Waals surface area contributed by atoms with Gasteiger partial charge in [-0.1, -0.05) is 158 Å². The number of fused-ring (bicyclic) bond motifs is 7. The number of hydrogen-bond acceptors (Lipinski definition) is 2. The smallest absolute Gasteiger partial charge is 0.160 e. The number of rotatable bonds is 6. The molecule has 60 heavy (non-hydrogen) atoms. The normalized spacial score (nSPS) is 11.7. The van der Waals surface area contributed by atoms with Crippen LogP contribution in [0, 0.1) is 0 Å². The molecule has 9 aromatic carbocycles. The molecule has 4 nitrogen and oxygen atoms in total. The average molecular weight is 765 g/mol. The fourth-order valence-electron chi connectivity index (χ4n) is 9.16. The van der Waals surface area contributed by atoms with Crippen LogP contribution in [-0.4, -0.2) is 19.1 Å². The highest BCUT2D eigenvalue weighted by atomic mass is 15.0. The lowest BCUT2D eigenvalue weighted by Crippen LogP contribution is -1.98. The first-order valence-corrected chi connectivity index (χ1v) is 20.4. The first-order valence-electron chi connectivity index (χ1n) is 20.4. The van der Waals surface area contributed by atoms with Crippen LogP contribution in [0.1, 0.15) is 0 Å². The van der Waals surface area contributed by atoms with Gasteiger partial charge in [-0.25, -0.2) is 9.97 Å². The molecule has 0 aliphatic heterocycles. The molecule has 0 N–H and O–H groups in total. The van der Waals surface area contributed by atoms with E-state index < -0.39 is 0 Å². The summed E-state index contributed by atoms with van der Waals surface area (Å²) in [6.45, 7) is 0. The van der Waals surface area contributed by atoms with Gasteiger partial charge in [0.15, 0.2) is 5.82 Å².